The second-order valence-electron chi connectivity index (χ2n) is 15.2. The van der Waals surface area contributed by atoms with Gasteiger partial charge in [0.1, 0.15) is 5.60 Å². The summed E-state index contributed by atoms with van der Waals surface area (Å²) in [6.07, 6.45) is 16.3. The second kappa shape index (κ2) is 8.34. The summed E-state index contributed by atoms with van der Waals surface area (Å²) in [5.41, 5.74) is 1.14. The molecular formula is C30H54O2Si. The molecule has 0 aromatic carbocycles. The van der Waals surface area contributed by atoms with Crippen molar-refractivity contribution < 1.29 is 9.16 Å². The molecule has 0 N–H and O–H groups in total. The van der Waals surface area contributed by atoms with Crippen LogP contribution in [0.25, 0.3) is 0 Å². The summed E-state index contributed by atoms with van der Waals surface area (Å²) in [6.45, 7) is 19.8. The Bertz CT molecular complexity index is 729. The fourth-order valence-electron chi connectivity index (χ4n) is 10.3. The minimum atomic E-state index is -1.49. The number of ether oxygens (including phenoxy) is 1. The lowest BCUT2D eigenvalue weighted by Crippen LogP contribution is -2.59. The highest BCUT2D eigenvalue weighted by atomic mass is 28.4. The first-order valence-corrected chi connectivity index (χ1v) is 18.2. The van der Waals surface area contributed by atoms with E-state index < -0.39 is 8.32 Å². The molecule has 3 heteroatoms. The van der Waals surface area contributed by atoms with Crippen LogP contribution in [0.5, 0.6) is 0 Å². The fourth-order valence-corrected chi connectivity index (χ4v) is 11.5. The van der Waals surface area contributed by atoms with Crippen molar-refractivity contribution in [3.05, 3.63) is 0 Å². The van der Waals surface area contributed by atoms with Crippen LogP contribution in [0.15, 0.2) is 0 Å². The van der Waals surface area contributed by atoms with Crippen LogP contribution in [-0.4, -0.2) is 26.1 Å². The average molecular weight is 475 g/mol. The molecule has 5 fully saturated rings. The first kappa shape index (κ1) is 24.8. The van der Waals surface area contributed by atoms with E-state index in [1.807, 2.05) is 0 Å². The molecular weight excluding hydrogens is 420 g/mol. The van der Waals surface area contributed by atoms with E-state index in [-0.39, 0.29) is 5.60 Å². The van der Waals surface area contributed by atoms with Gasteiger partial charge in [0.2, 0.25) is 0 Å². The Balaban J connectivity index is 1.30. The first-order chi connectivity index (χ1) is 15.4. The molecule has 4 aliphatic carbocycles. The van der Waals surface area contributed by atoms with Gasteiger partial charge in [0.05, 0.1) is 6.10 Å². The summed E-state index contributed by atoms with van der Waals surface area (Å²) in [6, 6.07) is 0. The Morgan fingerprint density at radius 3 is 2.39 bits per heavy atom. The van der Waals surface area contributed by atoms with Crippen molar-refractivity contribution in [2.45, 2.75) is 143 Å². The summed E-state index contributed by atoms with van der Waals surface area (Å²) >= 11 is 0. The summed E-state index contributed by atoms with van der Waals surface area (Å²) in [5.74, 6) is 5.46. The highest BCUT2D eigenvalue weighted by Crippen LogP contribution is 2.74. The Morgan fingerprint density at radius 2 is 1.70 bits per heavy atom. The average Bonchev–Trinajstić information content (AvgIpc) is 3.27. The second-order valence-corrected chi connectivity index (χ2v) is 19.6. The van der Waals surface area contributed by atoms with E-state index in [1.165, 1.54) is 70.6 Å². The third-order valence-electron chi connectivity index (χ3n) is 11.8. The van der Waals surface area contributed by atoms with Crippen LogP contribution in [-0.2, 0) is 9.16 Å². The van der Waals surface area contributed by atoms with Gasteiger partial charge < -0.3 is 9.16 Å². The van der Waals surface area contributed by atoms with Gasteiger partial charge in [-0.15, -0.1) is 0 Å². The lowest BCUT2D eigenvalue weighted by molar-refractivity contribution is -0.114. The Labute approximate surface area is 206 Å². The zero-order valence-corrected chi connectivity index (χ0v) is 24.2. The van der Waals surface area contributed by atoms with Crippen molar-refractivity contribution in [1.29, 1.82) is 0 Å². The highest BCUT2D eigenvalue weighted by Gasteiger charge is 2.76. The number of hydrogen-bond donors (Lipinski definition) is 0. The number of hydrogen-bond acceptors (Lipinski definition) is 2. The minimum Gasteiger partial charge on any atom is -0.415 e. The van der Waals surface area contributed by atoms with Gasteiger partial charge in [0.15, 0.2) is 8.32 Å². The van der Waals surface area contributed by atoms with Crippen LogP contribution in [0.4, 0.5) is 0 Å². The zero-order chi connectivity index (χ0) is 23.8. The van der Waals surface area contributed by atoms with Crippen molar-refractivity contribution in [1.82, 2.24) is 0 Å². The maximum atomic E-state index is 6.78. The van der Waals surface area contributed by atoms with Crippen LogP contribution >= 0.6 is 0 Å². The van der Waals surface area contributed by atoms with E-state index in [4.69, 9.17) is 9.16 Å². The smallest absolute Gasteiger partial charge is 0.184 e. The molecule has 0 radical (unpaired) electrons. The Morgan fingerprint density at radius 1 is 0.939 bits per heavy atom. The van der Waals surface area contributed by atoms with Gasteiger partial charge in [-0.05, 0) is 106 Å². The van der Waals surface area contributed by atoms with Crippen LogP contribution in [0, 0.1) is 46.3 Å². The predicted octanol–water partition coefficient (Wildman–Crippen LogP) is 8.46. The molecule has 1 spiro atoms. The largest absolute Gasteiger partial charge is 0.415 e. The molecule has 33 heavy (non-hydrogen) atoms. The topological polar surface area (TPSA) is 21.8 Å². The fraction of sp³-hybridized carbons (Fsp3) is 1.00. The van der Waals surface area contributed by atoms with Crippen molar-refractivity contribution in [3.63, 3.8) is 0 Å². The van der Waals surface area contributed by atoms with E-state index >= 15 is 0 Å². The number of rotatable bonds is 7. The summed E-state index contributed by atoms with van der Waals surface area (Å²) in [4.78, 5) is 0. The molecule has 2 nitrogen and oxygen atoms in total. The van der Waals surface area contributed by atoms with Crippen LogP contribution in [0.2, 0.25) is 19.6 Å². The summed E-state index contributed by atoms with van der Waals surface area (Å²) in [5, 5.41) is 0. The van der Waals surface area contributed by atoms with Crippen LogP contribution in [0.1, 0.15) is 105 Å². The first-order valence-electron chi connectivity index (χ1n) is 14.8. The quantitative estimate of drug-likeness (QED) is 0.273. The van der Waals surface area contributed by atoms with Gasteiger partial charge in [-0.1, -0.05) is 53.9 Å². The van der Waals surface area contributed by atoms with Crippen molar-refractivity contribution in [2.24, 2.45) is 46.3 Å². The van der Waals surface area contributed by atoms with Gasteiger partial charge in [-0.2, -0.15) is 0 Å². The Hall–Kier alpha value is 0.137. The molecule has 0 aromatic heterocycles. The predicted molar refractivity (Wildman–Crippen MR) is 141 cm³/mol. The molecule has 1 heterocycles. The lowest BCUT2D eigenvalue weighted by Gasteiger charge is -2.60. The maximum Gasteiger partial charge on any atom is 0.184 e. The minimum absolute atomic E-state index is 0.159. The third kappa shape index (κ3) is 4.03. The zero-order valence-electron chi connectivity index (χ0n) is 23.2. The van der Waals surface area contributed by atoms with Crippen LogP contribution in [0.3, 0.4) is 0 Å². The molecule has 1 saturated heterocycles. The SMILES string of the molecule is CC(C)CCC[C@@H](C)[C@H]1CCC2C3C[C@@H]4O[C@@]45C[C@@H](O[Si](C)(C)C)CC[C@]5(C)C3CC[C@@]21C. The standard InChI is InChI=1S/C30H54O2Si/c1-20(2)10-9-11-21(3)24-12-13-25-23-18-27-30(31-27)19-22(32-33(6,7)8)14-17-29(30,5)26(23)15-16-28(24,25)4/h20-27H,9-19H2,1-8H3/t21-,22+,23?,24-,25?,26?,27+,28-,29-,30+/m1/s1. The highest BCUT2D eigenvalue weighted by molar-refractivity contribution is 6.69. The summed E-state index contributed by atoms with van der Waals surface area (Å²) < 4.78 is 13.4. The molecule has 190 valence electrons. The lowest BCUT2D eigenvalue weighted by atomic mass is 9.44. The molecule has 0 bridgehead atoms. The molecule has 0 amide bonds. The summed E-state index contributed by atoms with van der Waals surface area (Å²) in [7, 11) is -1.49. The van der Waals surface area contributed by atoms with Crippen LogP contribution < -0.4 is 0 Å². The normalized spacial score (nSPS) is 49.7. The monoisotopic (exact) mass is 474 g/mol. The van der Waals surface area contributed by atoms with E-state index in [9.17, 15) is 0 Å². The van der Waals surface area contributed by atoms with E-state index in [2.05, 4.69) is 54.3 Å². The molecule has 10 atom stereocenters. The third-order valence-corrected chi connectivity index (χ3v) is 12.8. The Kier molecular flexibility index (Phi) is 6.27. The molecule has 4 saturated carbocycles. The van der Waals surface area contributed by atoms with Gasteiger partial charge in [0, 0.05) is 17.9 Å². The van der Waals surface area contributed by atoms with Crippen molar-refractivity contribution >= 4 is 8.32 Å². The number of epoxide rings is 1. The van der Waals surface area contributed by atoms with E-state index in [0.717, 1.165) is 35.5 Å². The van der Waals surface area contributed by atoms with E-state index in [1.54, 1.807) is 0 Å². The molecule has 5 rings (SSSR count). The molecule has 3 unspecified atom stereocenters. The number of fused-ring (bicyclic) bond motifs is 4. The van der Waals surface area contributed by atoms with Crippen molar-refractivity contribution in [3.8, 4) is 0 Å². The molecule has 0 aromatic rings. The van der Waals surface area contributed by atoms with Gasteiger partial charge in [-0.25, -0.2) is 0 Å². The van der Waals surface area contributed by atoms with E-state index in [0.29, 0.717) is 23.0 Å². The van der Waals surface area contributed by atoms with Gasteiger partial charge in [0.25, 0.3) is 0 Å². The molecule has 1 aliphatic heterocycles. The maximum absolute atomic E-state index is 6.78. The van der Waals surface area contributed by atoms with Gasteiger partial charge in [-0.3, -0.25) is 0 Å². The van der Waals surface area contributed by atoms with Gasteiger partial charge >= 0.3 is 0 Å². The van der Waals surface area contributed by atoms with Crippen molar-refractivity contribution in [2.75, 3.05) is 0 Å². The molecule has 5 aliphatic rings.